The van der Waals surface area contributed by atoms with Crippen LogP contribution < -0.4 is 0 Å². The molecule has 2 rings (SSSR count). The third kappa shape index (κ3) is 3.10. The molecule has 0 aliphatic carbocycles. The van der Waals surface area contributed by atoms with Crippen LogP contribution in [0.5, 0.6) is 0 Å². The van der Waals surface area contributed by atoms with Gasteiger partial charge in [-0.3, -0.25) is 9.89 Å². The number of amides is 1. The number of aryl methyl sites for hydroxylation is 1. The number of nitrogens with zero attached hydrogens (tertiary/aromatic N) is 3. The maximum Gasteiger partial charge on any atom is 0.293 e. The Morgan fingerprint density at radius 1 is 1.58 bits per heavy atom. The quantitative estimate of drug-likeness (QED) is 0.714. The van der Waals surface area contributed by atoms with E-state index in [2.05, 4.69) is 15.2 Å². The first kappa shape index (κ1) is 13.9. The van der Waals surface area contributed by atoms with E-state index < -0.39 is 21.8 Å². The second-order valence-electron chi connectivity index (χ2n) is 4.52. The molecule has 0 saturated carbocycles. The van der Waals surface area contributed by atoms with E-state index in [1.807, 2.05) is 0 Å². The Labute approximate surface area is 110 Å². The number of carbonyl (C=O) groups excluding carboxylic acids is 1. The molecule has 1 aromatic rings. The number of rotatable bonds is 4. The molecule has 1 fully saturated rings. The molecule has 2 heterocycles. The summed E-state index contributed by atoms with van der Waals surface area (Å²) in [5, 5.41) is 15.4. The second kappa shape index (κ2) is 5.25. The van der Waals surface area contributed by atoms with Gasteiger partial charge in [0.15, 0.2) is 9.84 Å². The van der Waals surface area contributed by atoms with Crippen molar-refractivity contribution in [3.63, 3.8) is 0 Å². The normalized spacial score (nSPS) is 21.5. The summed E-state index contributed by atoms with van der Waals surface area (Å²) in [6.45, 7) is 1.51. The van der Waals surface area contributed by atoms with Crippen molar-refractivity contribution < 1.29 is 18.3 Å². The fraction of sp³-hybridized carbons (Fsp3) is 0.700. The van der Waals surface area contributed by atoms with Crippen molar-refractivity contribution in [1.82, 2.24) is 20.1 Å². The van der Waals surface area contributed by atoms with Crippen LogP contribution >= 0.6 is 0 Å². The SMILES string of the molecule is Cc1nc(C(=O)N(CCO)C2CCS(=O)(=O)C2)n[nH]1. The number of aliphatic hydroxyl groups is 1. The van der Waals surface area contributed by atoms with Gasteiger partial charge in [0.25, 0.3) is 5.91 Å². The first-order valence-corrected chi connectivity index (χ1v) is 7.76. The smallest absolute Gasteiger partial charge is 0.293 e. The van der Waals surface area contributed by atoms with Crippen molar-refractivity contribution in [3.8, 4) is 0 Å². The van der Waals surface area contributed by atoms with Crippen LogP contribution in [0.3, 0.4) is 0 Å². The third-order valence-electron chi connectivity index (χ3n) is 3.04. The van der Waals surface area contributed by atoms with Gasteiger partial charge in [0.05, 0.1) is 18.1 Å². The predicted octanol–water partition coefficient (Wildman–Crippen LogP) is -1.27. The monoisotopic (exact) mass is 288 g/mol. The van der Waals surface area contributed by atoms with Crippen LogP contribution in [0.15, 0.2) is 0 Å². The van der Waals surface area contributed by atoms with Gasteiger partial charge in [-0.15, -0.1) is 5.10 Å². The molecular formula is C10H16N4O4S. The summed E-state index contributed by atoms with van der Waals surface area (Å²) in [6.07, 6.45) is 0.386. The Morgan fingerprint density at radius 3 is 2.79 bits per heavy atom. The molecular weight excluding hydrogens is 272 g/mol. The lowest BCUT2D eigenvalue weighted by molar-refractivity contribution is 0.0643. The van der Waals surface area contributed by atoms with E-state index in [-0.39, 0.29) is 30.5 Å². The number of hydrogen-bond acceptors (Lipinski definition) is 6. The molecule has 0 bridgehead atoms. The Balaban J connectivity index is 2.18. The fourth-order valence-corrected chi connectivity index (χ4v) is 3.88. The van der Waals surface area contributed by atoms with E-state index in [1.165, 1.54) is 4.90 Å². The Hall–Kier alpha value is -1.48. The highest BCUT2D eigenvalue weighted by Gasteiger charge is 2.35. The van der Waals surface area contributed by atoms with E-state index in [0.717, 1.165) is 0 Å². The van der Waals surface area contributed by atoms with Gasteiger partial charge >= 0.3 is 0 Å². The van der Waals surface area contributed by atoms with Gasteiger partial charge in [-0.2, -0.15) is 0 Å². The molecule has 1 saturated heterocycles. The van der Waals surface area contributed by atoms with E-state index in [1.54, 1.807) is 6.92 Å². The summed E-state index contributed by atoms with van der Waals surface area (Å²) in [4.78, 5) is 17.5. The number of aromatic amines is 1. The first-order valence-electron chi connectivity index (χ1n) is 5.94. The molecule has 1 amide bonds. The van der Waals surface area contributed by atoms with Crippen LogP contribution in [0.25, 0.3) is 0 Å². The molecule has 1 atom stereocenters. The van der Waals surface area contributed by atoms with Crippen molar-refractivity contribution in [3.05, 3.63) is 11.6 Å². The van der Waals surface area contributed by atoms with Crippen molar-refractivity contribution >= 4 is 15.7 Å². The second-order valence-corrected chi connectivity index (χ2v) is 6.75. The minimum Gasteiger partial charge on any atom is -0.395 e. The summed E-state index contributed by atoms with van der Waals surface area (Å²) >= 11 is 0. The van der Waals surface area contributed by atoms with Crippen molar-refractivity contribution in [2.24, 2.45) is 0 Å². The van der Waals surface area contributed by atoms with Crippen LogP contribution in [-0.4, -0.2) is 70.2 Å². The van der Waals surface area contributed by atoms with Crippen molar-refractivity contribution in [1.29, 1.82) is 0 Å². The fourth-order valence-electron chi connectivity index (χ4n) is 2.15. The molecule has 2 N–H and O–H groups in total. The van der Waals surface area contributed by atoms with E-state index in [4.69, 9.17) is 5.11 Å². The molecule has 0 aromatic carbocycles. The lowest BCUT2D eigenvalue weighted by atomic mass is 10.2. The van der Waals surface area contributed by atoms with E-state index in [0.29, 0.717) is 12.2 Å². The molecule has 19 heavy (non-hydrogen) atoms. The number of sulfone groups is 1. The average Bonchev–Trinajstić information content (AvgIpc) is 2.91. The first-order chi connectivity index (χ1) is 8.93. The molecule has 8 nitrogen and oxygen atoms in total. The molecule has 1 aromatic heterocycles. The molecule has 0 spiro atoms. The molecule has 0 radical (unpaired) electrons. The number of aliphatic hydroxyl groups excluding tert-OH is 1. The number of nitrogens with one attached hydrogen (secondary N) is 1. The van der Waals surface area contributed by atoms with Gasteiger partial charge < -0.3 is 10.0 Å². The van der Waals surface area contributed by atoms with Crippen molar-refractivity contribution in [2.45, 2.75) is 19.4 Å². The Morgan fingerprint density at radius 2 is 2.32 bits per heavy atom. The standard InChI is InChI=1S/C10H16N4O4S/c1-7-11-9(13-12-7)10(16)14(3-4-15)8-2-5-19(17,18)6-8/h8,15H,2-6H2,1H3,(H,11,12,13). The van der Waals surface area contributed by atoms with E-state index in [9.17, 15) is 13.2 Å². The van der Waals surface area contributed by atoms with Crippen LogP contribution in [0.4, 0.5) is 0 Å². The highest BCUT2D eigenvalue weighted by Crippen LogP contribution is 2.19. The summed E-state index contributed by atoms with van der Waals surface area (Å²) < 4.78 is 23.0. The summed E-state index contributed by atoms with van der Waals surface area (Å²) in [7, 11) is -3.09. The summed E-state index contributed by atoms with van der Waals surface area (Å²) in [6, 6.07) is -0.413. The summed E-state index contributed by atoms with van der Waals surface area (Å²) in [5.74, 6) is 0.0456. The number of H-pyrrole nitrogens is 1. The number of carbonyl (C=O) groups is 1. The number of hydrogen-bond donors (Lipinski definition) is 2. The maximum absolute atomic E-state index is 12.2. The largest absolute Gasteiger partial charge is 0.395 e. The highest BCUT2D eigenvalue weighted by atomic mass is 32.2. The predicted molar refractivity (Wildman–Crippen MR) is 66.3 cm³/mol. The van der Waals surface area contributed by atoms with Gasteiger partial charge in [-0.25, -0.2) is 13.4 Å². The molecule has 1 aliphatic heterocycles. The lowest BCUT2D eigenvalue weighted by Crippen LogP contribution is -2.43. The van der Waals surface area contributed by atoms with Crippen LogP contribution in [0, 0.1) is 6.92 Å². The van der Waals surface area contributed by atoms with Gasteiger partial charge in [-0.1, -0.05) is 0 Å². The molecule has 9 heteroatoms. The zero-order valence-electron chi connectivity index (χ0n) is 10.5. The van der Waals surface area contributed by atoms with Gasteiger partial charge in [0.1, 0.15) is 5.82 Å². The zero-order chi connectivity index (χ0) is 14.0. The van der Waals surface area contributed by atoms with Crippen LogP contribution in [-0.2, 0) is 9.84 Å². The van der Waals surface area contributed by atoms with Gasteiger partial charge in [-0.05, 0) is 13.3 Å². The Kier molecular flexibility index (Phi) is 3.85. The van der Waals surface area contributed by atoms with Gasteiger partial charge in [0.2, 0.25) is 5.82 Å². The lowest BCUT2D eigenvalue weighted by Gasteiger charge is -2.26. The topological polar surface area (TPSA) is 116 Å². The third-order valence-corrected chi connectivity index (χ3v) is 4.79. The minimum atomic E-state index is -3.09. The number of aromatic nitrogens is 3. The molecule has 106 valence electrons. The van der Waals surface area contributed by atoms with E-state index >= 15 is 0 Å². The zero-order valence-corrected chi connectivity index (χ0v) is 11.4. The minimum absolute atomic E-state index is 0.00440. The average molecular weight is 288 g/mol. The van der Waals surface area contributed by atoms with Crippen molar-refractivity contribution in [2.75, 3.05) is 24.7 Å². The molecule has 1 unspecified atom stereocenters. The van der Waals surface area contributed by atoms with Gasteiger partial charge in [0, 0.05) is 12.6 Å². The van der Waals surface area contributed by atoms with Crippen LogP contribution in [0.2, 0.25) is 0 Å². The Bertz CT molecular complexity index is 568. The van der Waals surface area contributed by atoms with Crippen LogP contribution in [0.1, 0.15) is 22.9 Å². The highest BCUT2D eigenvalue weighted by molar-refractivity contribution is 7.91. The molecule has 1 aliphatic rings. The summed E-state index contributed by atoms with van der Waals surface area (Å²) in [5.41, 5.74) is 0. The maximum atomic E-state index is 12.2.